The molecule has 0 aliphatic heterocycles. The summed E-state index contributed by atoms with van der Waals surface area (Å²) in [4.78, 5) is 3.07. The van der Waals surface area contributed by atoms with Gasteiger partial charge in [0.25, 0.3) is 0 Å². The number of nitrogens with two attached hydrogens (primary N) is 3. The summed E-state index contributed by atoms with van der Waals surface area (Å²) in [6.07, 6.45) is -1.18. The third-order valence-corrected chi connectivity index (χ3v) is 8.61. The van der Waals surface area contributed by atoms with Crippen molar-refractivity contribution in [3.05, 3.63) is 35.3 Å². The van der Waals surface area contributed by atoms with Crippen molar-refractivity contribution in [2.45, 2.75) is 22.4 Å². The van der Waals surface area contributed by atoms with Gasteiger partial charge in [0.05, 0.1) is 21.9 Å². The van der Waals surface area contributed by atoms with E-state index >= 15 is 0 Å². The highest BCUT2D eigenvalue weighted by molar-refractivity contribution is 7.92. The predicted molar refractivity (Wildman–Crippen MR) is 128 cm³/mol. The largest absolute Gasteiger partial charge is 0.390 e. The number of primary sulfonamides is 1. The lowest BCUT2D eigenvalue weighted by atomic mass is 9.99. The fourth-order valence-electron chi connectivity index (χ4n) is 3.38. The van der Waals surface area contributed by atoms with Crippen molar-refractivity contribution in [1.82, 2.24) is 30.3 Å². The van der Waals surface area contributed by atoms with E-state index in [0.717, 1.165) is 10.8 Å². The molecule has 2 aromatic heterocycles. The number of aromatic amines is 1. The smallest absolute Gasteiger partial charge is 0.242 e. The van der Waals surface area contributed by atoms with Crippen LogP contribution < -0.4 is 21.3 Å². The quantitative estimate of drug-likeness (QED) is 0.148. The second kappa shape index (κ2) is 9.63. The molecule has 0 unspecified atom stereocenters. The van der Waals surface area contributed by atoms with Crippen LogP contribution in [0.5, 0.6) is 0 Å². The number of aliphatic hydroxyl groups is 1. The Balaban J connectivity index is 1.99. The summed E-state index contributed by atoms with van der Waals surface area (Å²) in [6, 6.07) is 7.73. The molecule has 0 bridgehead atoms. The number of hydrogen-bond acceptors (Lipinski definition) is 12. The number of H-pyrrole nitrogens is 1. The molecule has 186 valence electrons. The van der Waals surface area contributed by atoms with Gasteiger partial charge in [0.1, 0.15) is 14.8 Å². The number of benzene rings is 2. The molecular formula is C18H21N9O5S3. The number of nitrogens with one attached hydrogen (secondary N) is 2. The number of nitrogens with zero attached hydrogens (tertiary/aromatic N) is 4. The fourth-order valence-corrected chi connectivity index (χ4v) is 6.88. The van der Waals surface area contributed by atoms with Crippen molar-refractivity contribution in [3.63, 3.8) is 0 Å². The van der Waals surface area contributed by atoms with E-state index in [4.69, 9.17) is 16.6 Å². The molecule has 0 fully saturated rings. The summed E-state index contributed by atoms with van der Waals surface area (Å²) in [5, 5.41) is 29.3. The van der Waals surface area contributed by atoms with Crippen LogP contribution in [0.25, 0.3) is 32.7 Å². The first-order valence-electron chi connectivity index (χ1n) is 9.96. The van der Waals surface area contributed by atoms with Crippen LogP contribution in [0.3, 0.4) is 0 Å². The molecule has 0 spiro atoms. The van der Waals surface area contributed by atoms with Crippen LogP contribution in [-0.4, -0.2) is 66.7 Å². The van der Waals surface area contributed by atoms with E-state index < -0.39 is 42.5 Å². The Bertz CT molecular complexity index is 1590. The van der Waals surface area contributed by atoms with Gasteiger partial charge in [0.2, 0.25) is 25.9 Å². The Kier molecular flexibility index (Phi) is 6.93. The van der Waals surface area contributed by atoms with Gasteiger partial charge in [0, 0.05) is 19.6 Å². The average molecular weight is 540 g/mol. The van der Waals surface area contributed by atoms with E-state index in [-0.39, 0.29) is 30.0 Å². The Morgan fingerprint density at radius 3 is 2.54 bits per heavy atom. The van der Waals surface area contributed by atoms with Gasteiger partial charge in [-0.25, -0.2) is 31.7 Å². The van der Waals surface area contributed by atoms with Crippen LogP contribution in [0, 0.1) is 0 Å². The summed E-state index contributed by atoms with van der Waals surface area (Å²) in [5.41, 5.74) is 12.2. The van der Waals surface area contributed by atoms with E-state index in [0.29, 0.717) is 16.1 Å². The highest BCUT2D eigenvalue weighted by Gasteiger charge is 2.32. The summed E-state index contributed by atoms with van der Waals surface area (Å²) < 4.78 is 54.6. The normalized spacial score (nSPS) is 13.4. The summed E-state index contributed by atoms with van der Waals surface area (Å²) in [6.45, 7) is -0.383. The minimum atomic E-state index is -4.65. The summed E-state index contributed by atoms with van der Waals surface area (Å²) >= 11 is 1.42. The van der Waals surface area contributed by atoms with Crippen molar-refractivity contribution in [1.29, 1.82) is 0 Å². The predicted octanol–water partition coefficient (Wildman–Crippen LogP) is -1.15. The summed E-state index contributed by atoms with van der Waals surface area (Å²) in [5.74, 6) is -0.191. The molecule has 2 heterocycles. The molecule has 0 saturated carbocycles. The maximum Gasteiger partial charge on any atom is 0.242 e. The molecule has 0 aliphatic carbocycles. The SMILES string of the molecule is NCc1nc2cc(-c3ccc(S(=O)(=O)NC[C@H](O)CN)c(S(N)(=O)=O)c3-c3nn[nH]n3)ccc2s1. The molecule has 4 aromatic rings. The number of thiazole rings is 1. The molecular weight excluding hydrogens is 518 g/mol. The van der Waals surface area contributed by atoms with Gasteiger partial charge in [-0.05, 0) is 34.5 Å². The second-order valence-corrected chi connectivity index (χ2v) is 11.7. The Morgan fingerprint density at radius 2 is 1.91 bits per heavy atom. The van der Waals surface area contributed by atoms with Crippen LogP contribution >= 0.6 is 11.3 Å². The molecule has 0 aliphatic rings. The number of hydrogen-bond donors (Lipinski definition) is 6. The molecule has 17 heteroatoms. The average Bonchev–Trinajstić information content (AvgIpc) is 3.50. The molecule has 1 atom stereocenters. The lowest BCUT2D eigenvalue weighted by Gasteiger charge is -2.17. The minimum Gasteiger partial charge on any atom is -0.390 e. The first-order valence-corrected chi connectivity index (χ1v) is 13.8. The number of tetrazole rings is 1. The van der Waals surface area contributed by atoms with Crippen molar-refractivity contribution >= 4 is 41.6 Å². The van der Waals surface area contributed by atoms with E-state index in [1.165, 1.54) is 17.4 Å². The van der Waals surface area contributed by atoms with E-state index in [9.17, 15) is 21.9 Å². The van der Waals surface area contributed by atoms with Crippen molar-refractivity contribution in [2.24, 2.45) is 16.6 Å². The summed E-state index contributed by atoms with van der Waals surface area (Å²) in [7, 11) is -9.11. The lowest BCUT2D eigenvalue weighted by Crippen LogP contribution is -2.36. The zero-order valence-corrected chi connectivity index (χ0v) is 20.4. The van der Waals surface area contributed by atoms with E-state index in [1.54, 1.807) is 18.2 Å². The number of sulfonamides is 2. The van der Waals surface area contributed by atoms with Gasteiger partial charge in [-0.15, -0.1) is 21.5 Å². The van der Waals surface area contributed by atoms with E-state index in [2.05, 4.69) is 30.3 Å². The van der Waals surface area contributed by atoms with Crippen LogP contribution in [0.2, 0.25) is 0 Å². The first kappa shape index (κ1) is 25.2. The Labute approximate surface area is 203 Å². The Hall–Kier alpha value is -2.90. The van der Waals surface area contributed by atoms with Crippen LogP contribution in [0.1, 0.15) is 5.01 Å². The van der Waals surface area contributed by atoms with Gasteiger partial charge < -0.3 is 16.6 Å². The Morgan fingerprint density at radius 1 is 1.14 bits per heavy atom. The zero-order chi connectivity index (χ0) is 25.4. The number of aromatic nitrogens is 5. The molecule has 2 aromatic carbocycles. The van der Waals surface area contributed by atoms with Crippen LogP contribution in [0.4, 0.5) is 0 Å². The zero-order valence-electron chi connectivity index (χ0n) is 17.9. The first-order chi connectivity index (χ1) is 16.5. The lowest BCUT2D eigenvalue weighted by molar-refractivity contribution is 0.186. The molecule has 0 radical (unpaired) electrons. The number of rotatable bonds is 9. The molecule has 0 amide bonds. The van der Waals surface area contributed by atoms with Gasteiger partial charge in [-0.1, -0.05) is 12.1 Å². The van der Waals surface area contributed by atoms with Crippen LogP contribution in [0.15, 0.2) is 40.1 Å². The molecule has 0 saturated heterocycles. The third-order valence-electron chi connectivity index (χ3n) is 4.96. The van der Waals surface area contributed by atoms with Crippen molar-refractivity contribution in [2.75, 3.05) is 13.1 Å². The van der Waals surface area contributed by atoms with Gasteiger partial charge >= 0.3 is 0 Å². The third kappa shape index (κ3) is 5.07. The maximum atomic E-state index is 13.0. The minimum absolute atomic E-state index is 0.169. The number of fused-ring (bicyclic) bond motifs is 1. The monoisotopic (exact) mass is 539 g/mol. The molecule has 35 heavy (non-hydrogen) atoms. The van der Waals surface area contributed by atoms with Gasteiger partial charge in [-0.2, -0.15) is 5.21 Å². The highest BCUT2D eigenvalue weighted by atomic mass is 32.2. The molecule has 4 rings (SSSR count). The maximum absolute atomic E-state index is 13.0. The van der Waals surface area contributed by atoms with Crippen LogP contribution in [-0.2, 0) is 26.6 Å². The second-order valence-electron chi connectivity index (χ2n) is 7.33. The highest BCUT2D eigenvalue weighted by Crippen LogP contribution is 2.39. The fraction of sp³-hybridized carbons (Fsp3) is 0.222. The van der Waals surface area contributed by atoms with Gasteiger partial charge in [0.15, 0.2) is 0 Å². The van der Waals surface area contributed by atoms with Gasteiger partial charge in [-0.3, -0.25) is 0 Å². The topological polar surface area (TPSA) is 246 Å². The standard InChI is InChI=1S/C18H21N9O5S3/c19-6-10(28)8-22-35(31,32)14-4-2-11(9-1-3-13-12(5-9)23-15(7-20)33-13)16(17(14)34(21,29)30)18-24-26-27-25-18/h1-5,10,22,28H,6-8,19-20H2,(H2,21,29,30)(H,24,25,26,27)/t10-/m1/s1. The van der Waals surface area contributed by atoms with E-state index in [1.807, 2.05) is 0 Å². The number of aliphatic hydroxyl groups excluding tert-OH is 1. The van der Waals surface area contributed by atoms with Crippen molar-refractivity contribution in [3.8, 4) is 22.5 Å². The van der Waals surface area contributed by atoms with Crippen molar-refractivity contribution < 1.29 is 21.9 Å². The molecule has 9 N–H and O–H groups in total. The molecule has 14 nitrogen and oxygen atoms in total.